The molecule has 5 rings (SSSR count). The molecule has 0 spiro atoms. The molecule has 2 fully saturated rings. The quantitative estimate of drug-likeness (QED) is 0.193. The fraction of sp³-hybridized carbons (Fsp3) is 0.429. The molecule has 0 aromatic carbocycles. The van der Waals surface area contributed by atoms with E-state index in [-0.39, 0.29) is 22.2 Å². The highest BCUT2D eigenvalue weighted by Crippen LogP contribution is 2.46. The first-order valence-corrected chi connectivity index (χ1v) is 14.9. The molecule has 196 valence electrons. The Bertz CT molecular complexity index is 1320. The topological polar surface area (TPSA) is 163 Å². The fourth-order valence-electron chi connectivity index (χ4n) is 4.47. The van der Waals surface area contributed by atoms with Gasteiger partial charge in [0.25, 0.3) is 11.8 Å². The maximum absolute atomic E-state index is 13.0. The van der Waals surface area contributed by atoms with E-state index in [1.165, 1.54) is 46.9 Å². The van der Waals surface area contributed by atoms with Gasteiger partial charge < -0.3 is 25.8 Å². The van der Waals surface area contributed by atoms with E-state index in [1.807, 2.05) is 5.38 Å². The maximum atomic E-state index is 13.0. The molecule has 37 heavy (non-hydrogen) atoms. The van der Waals surface area contributed by atoms with Gasteiger partial charge in [-0.15, -0.1) is 34.4 Å². The van der Waals surface area contributed by atoms with E-state index in [9.17, 15) is 19.5 Å². The molecule has 2 amide bonds. The van der Waals surface area contributed by atoms with Crippen molar-refractivity contribution < 1.29 is 24.3 Å². The van der Waals surface area contributed by atoms with Crippen LogP contribution in [0.1, 0.15) is 18.5 Å². The molecule has 16 heteroatoms. The number of fused-ring (bicyclic) bond motifs is 1. The van der Waals surface area contributed by atoms with E-state index in [1.54, 1.807) is 5.38 Å². The number of oxime groups is 1. The number of nitrogens with zero attached hydrogens (tertiary/aromatic N) is 5. The van der Waals surface area contributed by atoms with Gasteiger partial charge in [-0.05, 0) is 0 Å². The lowest BCUT2D eigenvalue weighted by atomic mass is 10.0. The number of nitrogens with two attached hydrogens (primary N) is 1. The number of thioether (sulfide) groups is 2. The highest BCUT2D eigenvalue weighted by atomic mass is 32.2. The second kappa shape index (κ2) is 10.2. The number of carbonyl (C=O) groups is 3. The summed E-state index contributed by atoms with van der Waals surface area (Å²) < 4.78 is 1.49. The number of hydrogen-bond acceptors (Lipinski definition) is 13. The molecule has 0 radical (unpaired) electrons. The Morgan fingerprint density at radius 1 is 1.30 bits per heavy atom. The second-order valence-electron chi connectivity index (χ2n) is 8.74. The molecular weight excluding hydrogens is 559 g/mol. The SMILES string of the molecule is CO/N=C(\C(=O)N[C@@H]1C(=O)N2C(C(=O)[O-])=C(Sc3nc([N+]4(C)CCCC4)cs3)CS[C@H]12)c1csc(N)n1. The molecule has 3 aliphatic rings. The maximum Gasteiger partial charge on any atom is 0.276 e. The van der Waals surface area contributed by atoms with Crippen molar-refractivity contribution in [2.24, 2.45) is 5.16 Å². The minimum absolute atomic E-state index is 0.136. The van der Waals surface area contributed by atoms with Crippen LogP contribution in [-0.2, 0) is 19.2 Å². The van der Waals surface area contributed by atoms with E-state index in [2.05, 4.69) is 22.5 Å². The number of carboxylic acids is 1. The van der Waals surface area contributed by atoms with Gasteiger partial charge in [-0.25, -0.2) is 4.98 Å². The number of nitrogens with one attached hydrogen (secondary N) is 1. The van der Waals surface area contributed by atoms with Crippen LogP contribution in [0.2, 0.25) is 0 Å². The Morgan fingerprint density at radius 2 is 2.05 bits per heavy atom. The zero-order valence-corrected chi connectivity index (χ0v) is 23.1. The summed E-state index contributed by atoms with van der Waals surface area (Å²) >= 11 is 5.20. The average molecular weight is 582 g/mol. The van der Waals surface area contributed by atoms with Gasteiger partial charge in [0.1, 0.15) is 24.2 Å². The number of carbonyl (C=O) groups excluding carboxylic acids is 3. The van der Waals surface area contributed by atoms with E-state index in [0.29, 0.717) is 10.7 Å². The highest BCUT2D eigenvalue weighted by molar-refractivity contribution is 8.07. The van der Waals surface area contributed by atoms with Crippen LogP contribution in [0.5, 0.6) is 0 Å². The summed E-state index contributed by atoms with van der Waals surface area (Å²) in [5.74, 6) is -1.37. The van der Waals surface area contributed by atoms with Gasteiger partial charge in [0.05, 0.1) is 37.2 Å². The smallest absolute Gasteiger partial charge is 0.276 e. The Labute approximate surface area is 228 Å². The second-order valence-corrected chi connectivity index (χ2v) is 12.9. The van der Waals surface area contributed by atoms with Crippen LogP contribution in [0.3, 0.4) is 0 Å². The van der Waals surface area contributed by atoms with E-state index >= 15 is 0 Å². The molecule has 0 bridgehead atoms. The third-order valence-electron chi connectivity index (χ3n) is 6.36. The van der Waals surface area contributed by atoms with Crippen molar-refractivity contribution in [3.63, 3.8) is 0 Å². The van der Waals surface area contributed by atoms with Gasteiger partial charge >= 0.3 is 0 Å². The lowest BCUT2D eigenvalue weighted by Crippen LogP contribution is -2.71. The molecule has 0 unspecified atom stereocenters. The van der Waals surface area contributed by atoms with Gasteiger partial charge in [-0.3, -0.25) is 19.0 Å². The van der Waals surface area contributed by atoms with Gasteiger partial charge in [-0.2, -0.15) is 4.98 Å². The van der Waals surface area contributed by atoms with Crippen molar-refractivity contribution in [2.45, 2.75) is 28.6 Å². The van der Waals surface area contributed by atoms with E-state index in [0.717, 1.165) is 51.9 Å². The number of nitrogen functional groups attached to an aromatic ring is 1. The van der Waals surface area contributed by atoms with Crippen molar-refractivity contribution in [1.29, 1.82) is 0 Å². The molecular formula is C21H23N7O5S4. The Morgan fingerprint density at radius 3 is 2.70 bits per heavy atom. The zero-order valence-electron chi connectivity index (χ0n) is 19.8. The summed E-state index contributed by atoms with van der Waals surface area (Å²) in [6.07, 6.45) is 2.31. The first-order chi connectivity index (χ1) is 17.7. The number of hydrogen-bond donors (Lipinski definition) is 2. The summed E-state index contributed by atoms with van der Waals surface area (Å²) in [6.45, 7) is 2.06. The third kappa shape index (κ3) is 4.83. The number of likely N-dealkylation sites (tertiary alicyclic amines) is 1. The Hall–Kier alpha value is -2.66. The van der Waals surface area contributed by atoms with Gasteiger partial charge in [0.2, 0.25) is 5.82 Å². The number of rotatable bonds is 8. The minimum Gasteiger partial charge on any atom is -0.543 e. The molecule has 0 aliphatic carbocycles. The number of thiazole rings is 2. The first-order valence-electron chi connectivity index (χ1n) is 11.2. The fourth-order valence-corrected chi connectivity index (χ4v) is 8.58. The minimum atomic E-state index is -1.44. The predicted octanol–water partition coefficient (Wildman–Crippen LogP) is 0.417. The number of aromatic nitrogens is 2. The third-order valence-corrected chi connectivity index (χ3v) is 10.5. The summed E-state index contributed by atoms with van der Waals surface area (Å²) in [7, 11) is 3.44. The first kappa shape index (κ1) is 26.0. The van der Waals surface area contributed by atoms with Gasteiger partial charge in [-0.1, -0.05) is 16.9 Å². The van der Waals surface area contributed by atoms with Crippen LogP contribution >= 0.6 is 46.2 Å². The Kier molecular flexibility index (Phi) is 7.19. The van der Waals surface area contributed by atoms with Crippen molar-refractivity contribution in [3.8, 4) is 0 Å². The van der Waals surface area contributed by atoms with Crippen molar-refractivity contribution in [1.82, 2.24) is 24.7 Å². The van der Waals surface area contributed by atoms with Crippen LogP contribution in [0.25, 0.3) is 0 Å². The number of anilines is 1. The molecule has 2 aromatic heterocycles. The summed E-state index contributed by atoms with van der Waals surface area (Å²) in [5, 5.41) is 21.7. The van der Waals surface area contributed by atoms with Crippen molar-refractivity contribution in [3.05, 3.63) is 27.1 Å². The largest absolute Gasteiger partial charge is 0.543 e. The van der Waals surface area contributed by atoms with Crippen LogP contribution in [0.4, 0.5) is 10.9 Å². The van der Waals surface area contributed by atoms with Gasteiger partial charge in [0.15, 0.2) is 15.2 Å². The Balaban J connectivity index is 1.32. The lowest BCUT2D eigenvalue weighted by Gasteiger charge is -2.50. The number of amides is 2. The summed E-state index contributed by atoms with van der Waals surface area (Å²) in [6, 6.07) is -0.942. The predicted molar refractivity (Wildman–Crippen MR) is 142 cm³/mol. The van der Waals surface area contributed by atoms with Crippen LogP contribution in [-0.4, -0.2) is 82.8 Å². The van der Waals surface area contributed by atoms with E-state index in [4.69, 9.17) is 15.6 Å². The highest BCUT2D eigenvalue weighted by Gasteiger charge is 2.53. The van der Waals surface area contributed by atoms with Crippen molar-refractivity contribution >= 4 is 80.6 Å². The molecule has 0 saturated carbocycles. The van der Waals surface area contributed by atoms with Gasteiger partial charge in [0, 0.05) is 28.9 Å². The van der Waals surface area contributed by atoms with Crippen LogP contribution in [0.15, 0.2) is 30.9 Å². The molecule has 2 saturated heterocycles. The standard InChI is InChI=1S/C21H23N7O5S4/c1-28(5-3-4-6-28)12-9-36-21(24-12)37-11-8-34-18-14(17(30)27(18)15(11)19(31)32)25-16(29)13(26-33-2)10-7-35-20(22)23-10/h7,9,14,18H,3-6,8H2,1-2H3,(H3-,22,23,25,29,31,32)/b26-13-/t14-,18-/m1/s1. The van der Waals surface area contributed by atoms with Crippen LogP contribution < -0.4 is 20.6 Å². The summed E-state index contributed by atoms with van der Waals surface area (Å²) in [5.41, 5.74) is 5.55. The molecule has 3 aliphatic heterocycles. The lowest BCUT2D eigenvalue weighted by molar-refractivity contribution is -0.301. The molecule has 3 N–H and O–H groups in total. The molecule has 5 heterocycles. The number of quaternary nitrogens is 1. The summed E-state index contributed by atoms with van der Waals surface area (Å²) in [4.78, 5) is 53.3. The number of aliphatic carboxylic acids is 1. The monoisotopic (exact) mass is 581 g/mol. The normalized spacial score (nSPS) is 23.0. The number of β-lactam (4-membered cyclic amide) rings is 1. The molecule has 2 atom stereocenters. The van der Waals surface area contributed by atoms with Crippen molar-refractivity contribution in [2.75, 3.05) is 38.7 Å². The average Bonchev–Trinajstić information content (AvgIpc) is 3.62. The number of carboxylic acid groups (broad SMARTS) is 1. The van der Waals surface area contributed by atoms with Crippen LogP contribution in [0, 0.1) is 0 Å². The van der Waals surface area contributed by atoms with E-state index < -0.39 is 29.2 Å². The molecule has 12 nitrogen and oxygen atoms in total. The zero-order chi connectivity index (χ0) is 26.3. The molecule has 2 aromatic rings.